The zero-order valence-corrected chi connectivity index (χ0v) is 62.3. The van der Waals surface area contributed by atoms with Crippen molar-refractivity contribution in [1.29, 1.82) is 0 Å². The molecule has 0 bridgehead atoms. The summed E-state index contributed by atoms with van der Waals surface area (Å²) in [5.41, 5.74) is 0. The van der Waals surface area contributed by atoms with Gasteiger partial charge in [-0.1, -0.05) is 299 Å². The van der Waals surface area contributed by atoms with Gasteiger partial charge in [-0.05, 0) is 83.5 Å². The molecule has 0 aromatic rings. The topological polar surface area (TPSA) is 237 Å². The summed E-state index contributed by atoms with van der Waals surface area (Å²) in [6.45, 7) is 4.65. The summed E-state index contributed by atoms with van der Waals surface area (Å²) < 4.78 is 68.3. The monoisotopic (exact) mass is 1390 g/mol. The van der Waals surface area contributed by atoms with E-state index >= 15 is 0 Å². The Morgan fingerprint density at radius 2 is 0.573 bits per heavy atom. The SMILES string of the molecule is CC/C=C\C/C=C\C/C=C\C/C=C\C/C=C\C/C=C\CCC(=O)OCC(COP(=O)(O)OCC(O)COP(=O)(O)OCC(COC(=O)CCCCCCCCCCCCCCC)OC(=O)CCCCCCCCCCCCCCC)OC(=O)CCCCCCC/C=C\CCCC. The minimum atomic E-state index is -4.98. The lowest BCUT2D eigenvalue weighted by Crippen LogP contribution is -2.30. The van der Waals surface area contributed by atoms with Gasteiger partial charge in [-0.3, -0.25) is 37.3 Å². The number of rotatable bonds is 71. The Bertz CT molecular complexity index is 2160. The van der Waals surface area contributed by atoms with E-state index in [1.807, 2.05) is 18.2 Å². The third kappa shape index (κ3) is 68.8. The quantitative estimate of drug-likeness (QED) is 0.0169. The van der Waals surface area contributed by atoms with Gasteiger partial charge in [0.2, 0.25) is 0 Å². The molecule has 0 aromatic heterocycles. The number of aliphatic hydroxyl groups is 1. The fraction of sp³-hybridized carbons (Fsp3) is 0.766. The molecule has 0 saturated heterocycles. The molecule has 0 spiro atoms. The molecular formula is C77H136O17P2. The second kappa shape index (κ2) is 69.7. The highest BCUT2D eigenvalue weighted by atomic mass is 31.2. The average molecular weight is 1400 g/mol. The van der Waals surface area contributed by atoms with Crippen LogP contribution in [0.5, 0.6) is 0 Å². The van der Waals surface area contributed by atoms with Crippen LogP contribution in [0, 0.1) is 0 Å². The molecule has 0 radical (unpaired) electrons. The minimum absolute atomic E-state index is 0.0359. The third-order valence-corrected chi connectivity index (χ3v) is 17.8. The molecule has 5 unspecified atom stereocenters. The van der Waals surface area contributed by atoms with Crippen molar-refractivity contribution in [1.82, 2.24) is 0 Å². The van der Waals surface area contributed by atoms with Crippen molar-refractivity contribution in [2.24, 2.45) is 0 Å². The largest absolute Gasteiger partial charge is 0.472 e. The molecule has 5 atom stereocenters. The van der Waals surface area contributed by atoms with Crippen molar-refractivity contribution in [3.8, 4) is 0 Å². The van der Waals surface area contributed by atoms with Crippen LogP contribution in [0.4, 0.5) is 0 Å². The number of esters is 4. The second-order valence-electron chi connectivity index (χ2n) is 25.2. The number of allylic oxidation sites excluding steroid dienone is 14. The molecule has 0 fully saturated rings. The van der Waals surface area contributed by atoms with E-state index < -0.39 is 97.5 Å². The Morgan fingerprint density at radius 1 is 0.302 bits per heavy atom. The van der Waals surface area contributed by atoms with E-state index in [0.717, 1.165) is 116 Å². The highest BCUT2D eigenvalue weighted by Gasteiger charge is 2.30. The van der Waals surface area contributed by atoms with Gasteiger partial charge in [-0.15, -0.1) is 0 Å². The number of carbonyl (C=O) groups is 4. The Hall–Kier alpha value is -3.76. The van der Waals surface area contributed by atoms with Gasteiger partial charge in [0.25, 0.3) is 0 Å². The van der Waals surface area contributed by atoms with E-state index in [1.165, 1.54) is 122 Å². The predicted octanol–water partition coefficient (Wildman–Crippen LogP) is 21.4. The molecule has 19 heteroatoms. The van der Waals surface area contributed by atoms with Crippen molar-refractivity contribution in [2.45, 2.75) is 341 Å². The maximum atomic E-state index is 13.0. The molecule has 0 amide bonds. The molecule has 0 aliphatic rings. The molecular weight excluding hydrogens is 1260 g/mol. The van der Waals surface area contributed by atoms with Crippen molar-refractivity contribution < 1.29 is 80.2 Å². The number of ether oxygens (including phenoxy) is 4. The van der Waals surface area contributed by atoms with Gasteiger partial charge >= 0.3 is 39.5 Å². The first-order valence-corrected chi connectivity index (χ1v) is 40.8. The lowest BCUT2D eigenvalue weighted by molar-refractivity contribution is -0.161. The van der Waals surface area contributed by atoms with Crippen LogP contribution in [0.3, 0.4) is 0 Å². The lowest BCUT2D eigenvalue weighted by Gasteiger charge is -2.21. The standard InChI is InChI=1S/C77H136O17P2/c1-5-9-13-17-21-25-29-32-33-34-35-36-37-40-43-46-50-54-58-62-75(80)88-67-72(93-76(81)63-59-55-51-47-41-28-24-20-16-12-8-4)69-91-95(83,84)89-65-71(78)66-90-96(85,86)92-70-73(94-77(82)64-60-56-52-48-44-39-31-27-23-19-15-11-7-3)68-87-74(79)61-57-53-49-45-42-38-30-26-22-18-14-10-6-2/h9,13,20-21,24-25,32-33,35-36,40,43,50,54,71-73,78H,5-8,10-12,14-19,22-23,26-31,34,37-39,41-42,44-49,51-53,55-70H2,1-4H3,(H,83,84)(H,85,86)/b13-9-,24-20-,25-21-,33-32-,36-35-,43-40-,54-50-. The van der Waals surface area contributed by atoms with Gasteiger partial charge in [0, 0.05) is 25.7 Å². The van der Waals surface area contributed by atoms with Crippen molar-refractivity contribution >= 4 is 39.5 Å². The van der Waals surface area contributed by atoms with Crippen LogP contribution in [0.1, 0.15) is 323 Å². The minimum Gasteiger partial charge on any atom is -0.462 e. The summed E-state index contributed by atoms with van der Waals surface area (Å²) in [6.07, 6.45) is 70.3. The zero-order chi connectivity index (χ0) is 70.4. The number of phosphoric ester groups is 2. The third-order valence-electron chi connectivity index (χ3n) is 15.9. The molecule has 0 aromatic carbocycles. The molecule has 96 heavy (non-hydrogen) atoms. The van der Waals surface area contributed by atoms with Gasteiger partial charge < -0.3 is 33.8 Å². The number of phosphoric acid groups is 2. The van der Waals surface area contributed by atoms with Crippen LogP contribution < -0.4 is 0 Å². The van der Waals surface area contributed by atoms with Crippen LogP contribution >= 0.6 is 15.6 Å². The van der Waals surface area contributed by atoms with Crippen LogP contribution in [-0.4, -0.2) is 96.7 Å². The zero-order valence-electron chi connectivity index (χ0n) is 60.5. The Labute approximate surface area is 583 Å². The number of aliphatic hydroxyl groups excluding tert-OH is 1. The summed E-state index contributed by atoms with van der Waals surface area (Å²) in [4.78, 5) is 72.7. The van der Waals surface area contributed by atoms with E-state index in [2.05, 4.69) is 94.5 Å². The molecule has 0 aliphatic heterocycles. The first-order chi connectivity index (χ1) is 46.7. The van der Waals surface area contributed by atoms with E-state index in [0.29, 0.717) is 32.1 Å². The van der Waals surface area contributed by atoms with Gasteiger partial charge in [-0.25, -0.2) is 9.13 Å². The lowest BCUT2D eigenvalue weighted by atomic mass is 10.0. The molecule has 556 valence electrons. The normalized spacial score (nSPS) is 14.4. The number of hydrogen-bond acceptors (Lipinski definition) is 15. The molecule has 0 saturated carbocycles. The van der Waals surface area contributed by atoms with Crippen molar-refractivity contribution in [3.63, 3.8) is 0 Å². The van der Waals surface area contributed by atoms with Gasteiger partial charge in [-0.2, -0.15) is 0 Å². The van der Waals surface area contributed by atoms with E-state index in [4.69, 9.17) is 37.0 Å². The van der Waals surface area contributed by atoms with E-state index in [9.17, 15) is 43.2 Å². The summed E-state index contributed by atoms with van der Waals surface area (Å²) in [7, 11) is -9.95. The van der Waals surface area contributed by atoms with Gasteiger partial charge in [0.05, 0.1) is 26.4 Å². The van der Waals surface area contributed by atoms with Crippen molar-refractivity contribution in [2.75, 3.05) is 39.6 Å². The first-order valence-electron chi connectivity index (χ1n) is 37.8. The number of carbonyl (C=O) groups excluding carboxylic acids is 4. The fourth-order valence-electron chi connectivity index (χ4n) is 10.1. The first kappa shape index (κ1) is 92.2. The molecule has 0 aliphatic carbocycles. The summed E-state index contributed by atoms with van der Waals surface area (Å²) in [5.74, 6) is -2.26. The Morgan fingerprint density at radius 3 is 0.927 bits per heavy atom. The molecule has 0 rings (SSSR count). The maximum Gasteiger partial charge on any atom is 0.472 e. The second-order valence-corrected chi connectivity index (χ2v) is 28.1. The molecule has 3 N–H and O–H groups in total. The number of unbranched alkanes of at least 4 members (excludes halogenated alkanes) is 31. The average Bonchev–Trinajstić information content (AvgIpc) is 1.11. The maximum absolute atomic E-state index is 13.0. The fourth-order valence-corrected chi connectivity index (χ4v) is 11.7. The van der Waals surface area contributed by atoms with Gasteiger partial charge in [0.15, 0.2) is 12.2 Å². The van der Waals surface area contributed by atoms with Crippen LogP contribution in [0.2, 0.25) is 0 Å². The van der Waals surface area contributed by atoms with Crippen LogP contribution in [0.25, 0.3) is 0 Å². The predicted molar refractivity (Wildman–Crippen MR) is 390 cm³/mol. The molecule has 0 heterocycles. The van der Waals surface area contributed by atoms with Crippen LogP contribution in [0.15, 0.2) is 85.1 Å². The van der Waals surface area contributed by atoms with Crippen LogP contribution in [-0.2, 0) is 65.4 Å². The van der Waals surface area contributed by atoms with E-state index in [1.54, 1.807) is 0 Å². The van der Waals surface area contributed by atoms with E-state index in [-0.39, 0.29) is 25.7 Å². The van der Waals surface area contributed by atoms with Crippen molar-refractivity contribution in [3.05, 3.63) is 85.1 Å². The summed E-state index contributed by atoms with van der Waals surface area (Å²) in [5, 5.41) is 10.6. The summed E-state index contributed by atoms with van der Waals surface area (Å²) in [6, 6.07) is 0. The summed E-state index contributed by atoms with van der Waals surface area (Å²) >= 11 is 0. The highest BCUT2D eigenvalue weighted by molar-refractivity contribution is 7.47. The Balaban J connectivity index is 5.34. The highest BCUT2D eigenvalue weighted by Crippen LogP contribution is 2.45. The number of hydrogen-bond donors (Lipinski definition) is 3. The Kier molecular flexibility index (Phi) is 67.0. The van der Waals surface area contributed by atoms with Gasteiger partial charge in [0.1, 0.15) is 19.3 Å². The smallest absolute Gasteiger partial charge is 0.462 e. The molecule has 17 nitrogen and oxygen atoms in total.